The van der Waals surface area contributed by atoms with E-state index in [9.17, 15) is 4.79 Å². The van der Waals surface area contributed by atoms with Crippen LogP contribution in [-0.4, -0.2) is 48.2 Å². The van der Waals surface area contributed by atoms with Crippen molar-refractivity contribution in [3.63, 3.8) is 0 Å². The number of carbonyl (C=O) groups is 1. The van der Waals surface area contributed by atoms with E-state index in [1.54, 1.807) is 0 Å². The number of rotatable bonds is 6. The number of hydrogen-bond donors (Lipinski definition) is 1. The van der Waals surface area contributed by atoms with Crippen LogP contribution in [-0.2, 0) is 6.67 Å². The molecule has 2 N–H and O–H groups in total. The highest BCUT2D eigenvalue weighted by atomic mass is 32.1. The van der Waals surface area contributed by atoms with E-state index in [0.29, 0.717) is 23.5 Å². The quantitative estimate of drug-likeness (QED) is 0.755. The molecule has 7 heteroatoms. The van der Waals surface area contributed by atoms with Crippen LogP contribution in [0.2, 0.25) is 0 Å². The van der Waals surface area contributed by atoms with Crippen molar-refractivity contribution in [3.8, 4) is 5.75 Å². The number of para-hydroxylation sites is 2. The first kappa shape index (κ1) is 20.4. The lowest BCUT2D eigenvalue weighted by Gasteiger charge is -2.37. The molecule has 1 aliphatic heterocycles. The Labute approximate surface area is 171 Å². The third-order valence-corrected chi connectivity index (χ3v) is 5.59. The zero-order valence-electron chi connectivity index (χ0n) is 16.8. The zero-order chi connectivity index (χ0) is 20.3. The molecule has 0 atom stereocenters. The predicted octanol–water partition coefficient (Wildman–Crippen LogP) is 3.11. The summed E-state index contributed by atoms with van der Waals surface area (Å²) in [7, 11) is 0. The monoisotopic (exact) mass is 400 g/mol. The minimum absolute atomic E-state index is 0.449. The van der Waals surface area contributed by atoms with Crippen LogP contribution in [0.1, 0.15) is 28.5 Å². The van der Waals surface area contributed by atoms with Crippen LogP contribution in [0.4, 0.5) is 5.69 Å². The Kier molecular flexibility index (Phi) is 6.36. The summed E-state index contributed by atoms with van der Waals surface area (Å²) in [5, 5.41) is 0. The molecule has 1 saturated heterocycles. The van der Waals surface area contributed by atoms with Gasteiger partial charge >= 0.3 is 0 Å². The van der Waals surface area contributed by atoms with E-state index in [1.807, 2.05) is 49.6 Å². The second kappa shape index (κ2) is 8.75. The summed E-state index contributed by atoms with van der Waals surface area (Å²) in [6, 6.07) is 10.2. The number of ether oxygens (including phenoxy) is 1. The Morgan fingerprint density at radius 3 is 2.50 bits per heavy atom. The van der Waals surface area contributed by atoms with Gasteiger partial charge in [-0.15, -0.1) is 0 Å². The van der Waals surface area contributed by atoms with E-state index in [4.69, 9.17) is 22.7 Å². The number of hydrogen-bond acceptors (Lipinski definition) is 5. The molecule has 0 spiro atoms. The zero-order valence-corrected chi connectivity index (χ0v) is 17.6. The lowest BCUT2D eigenvalue weighted by molar-refractivity contribution is 0.0997. The summed E-state index contributed by atoms with van der Waals surface area (Å²) in [6.45, 7) is 10.8. The maximum atomic E-state index is 11.8. The van der Waals surface area contributed by atoms with Crippen LogP contribution in [0.25, 0.3) is 0 Å². The van der Waals surface area contributed by atoms with Crippen molar-refractivity contribution in [1.29, 1.82) is 0 Å². The van der Waals surface area contributed by atoms with Gasteiger partial charge in [-0.1, -0.05) is 24.4 Å². The molecule has 1 amide bonds. The molecule has 1 fully saturated rings. The average Bonchev–Trinajstić information content (AvgIpc) is 2.66. The minimum Gasteiger partial charge on any atom is -0.492 e. The van der Waals surface area contributed by atoms with Crippen molar-refractivity contribution in [2.24, 2.45) is 5.73 Å². The van der Waals surface area contributed by atoms with Gasteiger partial charge in [0.15, 0.2) is 0 Å². The summed E-state index contributed by atoms with van der Waals surface area (Å²) in [6.07, 6.45) is 0. The van der Waals surface area contributed by atoms with E-state index >= 15 is 0 Å². The topological polar surface area (TPSA) is 63.7 Å². The van der Waals surface area contributed by atoms with Gasteiger partial charge < -0.3 is 19.9 Å². The van der Waals surface area contributed by atoms with E-state index < -0.39 is 5.91 Å². The number of nitrogens with two attached hydrogens (primary N) is 1. The van der Waals surface area contributed by atoms with E-state index in [1.165, 1.54) is 0 Å². The number of carbonyl (C=O) groups excluding carboxylic acids is 1. The molecular formula is C21H28N4O2S. The molecule has 150 valence electrons. The second-order valence-electron chi connectivity index (χ2n) is 7.09. The number of piperazine rings is 1. The molecule has 6 nitrogen and oxygen atoms in total. The minimum atomic E-state index is -0.464. The maximum Gasteiger partial charge on any atom is 0.251 e. The molecule has 1 aliphatic rings. The van der Waals surface area contributed by atoms with Gasteiger partial charge in [-0.25, -0.2) is 0 Å². The fourth-order valence-corrected chi connectivity index (χ4v) is 4.19. The SMILES string of the molecule is CCOc1ccccc1N1CCN(Cn2c(C)cc(C)c(C(N)=O)c2=S)CC1. The number of nitrogens with zero attached hydrogens (tertiary/aromatic N) is 3. The summed E-state index contributed by atoms with van der Waals surface area (Å²) >= 11 is 5.57. The van der Waals surface area contributed by atoms with Crippen molar-refractivity contribution in [2.45, 2.75) is 27.4 Å². The van der Waals surface area contributed by atoms with Crippen molar-refractivity contribution < 1.29 is 9.53 Å². The third kappa shape index (κ3) is 4.20. The first-order valence-corrected chi connectivity index (χ1v) is 10.0. The van der Waals surface area contributed by atoms with Gasteiger partial charge in [-0.3, -0.25) is 9.69 Å². The first-order chi connectivity index (χ1) is 13.4. The maximum absolute atomic E-state index is 11.8. The second-order valence-corrected chi connectivity index (χ2v) is 7.48. The van der Waals surface area contributed by atoms with Crippen LogP contribution in [0.15, 0.2) is 30.3 Å². The Morgan fingerprint density at radius 1 is 1.18 bits per heavy atom. The van der Waals surface area contributed by atoms with Crippen molar-refractivity contribution in [3.05, 3.63) is 51.8 Å². The Balaban J connectivity index is 1.73. The summed E-state index contributed by atoms with van der Waals surface area (Å²) in [4.78, 5) is 16.5. The van der Waals surface area contributed by atoms with Crippen molar-refractivity contribution in [1.82, 2.24) is 9.47 Å². The highest BCUT2D eigenvalue weighted by Gasteiger charge is 2.21. The number of pyridine rings is 1. The molecule has 0 saturated carbocycles. The van der Waals surface area contributed by atoms with Crippen LogP contribution in [0.3, 0.4) is 0 Å². The van der Waals surface area contributed by atoms with Crippen LogP contribution in [0, 0.1) is 18.5 Å². The summed E-state index contributed by atoms with van der Waals surface area (Å²) in [5.41, 5.74) is 9.00. The van der Waals surface area contributed by atoms with Gasteiger partial charge in [0, 0.05) is 31.9 Å². The molecule has 2 heterocycles. The van der Waals surface area contributed by atoms with E-state index in [2.05, 4.69) is 15.9 Å². The van der Waals surface area contributed by atoms with Crippen molar-refractivity contribution in [2.75, 3.05) is 37.7 Å². The molecule has 1 aromatic heterocycles. The molecule has 2 aromatic rings. The molecule has 0 unspecified atom stereocenters. The Bertz CT molecular complexity index is 917. The highest BCUT2D eigenvalue weighted by molar-refractivity contribution is 7.71. The lowest BCUT2D eigenvalue weighted by atomic mass is 10.1. The summed E-state index contributed by atoms with van der Waals surface area (Å²) in [5.74, 6) is 0.467. The first-order valence-electron chi connectivity index (χ1n) is 9.62. The van der Waals surface area contributed by atoms with Gasteiger partial charge in [-0.05, 0) is 44.5 Å². The van der Waals surface area contributed by atoms with Crippen LogP contribution >= 0.6 is 12.2 Å². The molecule has 3 rings (SSSR count). The Morgan fingerprint density at radius 2 is 1.86 bits per heavy atom. The Hall–Kier alpha value is -2.38. The van der Waals surface area contributed by atoms with Crippen LogP contribution < -0.4 is 15.4 Å². The summed E-state index contributed by atoms with van der Waals surface area (Å²) < 4.78 is 8.30. The van der Waals surface area contributed by atoms with Gasteiger partial charge in [-0.2, -0.15) is 0 Å². The van der Waals surface area contributed by atoms with Gasteiger partial charge in [0.1, 0.15) is 10.4 Å². The fraction of sp³-hybridized carbons (Fsp3) is 0.429. The lowest BCUT2D eigenvalue weighted by Crippen LogP contribution is -2.47. The highest BCUT2D eigenvalue weighted by Crippen LogP contribution is 2.29. The number of primary amides is 1. The van der Waals surface area contributed by atoms with Crippen LogP contribution in [0.5, 0.6) is 5.75 Å². The average molecular weight is 401 g/mol. The molecular weight excluding hydrogens is 372 g/mol. The van der Waals surface area contributed by atoms with E-state index in [0.717, 1.165) is 48.9 Å². The predicted molar refractivity (Wildman–Crippen MR) is 115 cm³/mol. The number of aromatic nitrogens is 1. The molecule has 0 aliphatic carbocycles. The molecule has 0 bridgehead atoms. The number of anilines is 1. The number of benzene rings is 1. The van der Waals surface area contributed by atoms with Gasteiger partial charge in [0.25, 0.3) is 5.91 Å². The largest absolute Gasteiger partial charge is 0.492 e. The van der Waals surface area contributed by atoms with Gasteiger partial charge in [0.05, 0.1) is 24.5 Å². The fourth-order valence-electron chi connectivity index (χ4n) is 3.73. The smallest absolute Gasteiger partial charge is 0.251 e. The standard InChI is InChI=1S/C21H28N4O2S/c1-4-27-18-8-6-5-7-17(18)24-11-9-23(10-12-24)14-25-16(3)13-15(2)19(20(22)26)21(25)28/h5-8,13H,4,9-12,14H2,1-3H3,(H2,22,26). The molecule has 1 aromatic carbocycles. The number of aryl methyl sites for hydroxylation is 2. The normalized spacial score (nSPS) is 14.9. The molecule has 0 radical (unpaired) electrons. The number of amides is 1. The molecule has 28 heavy (non-hydrogen) atoms. The van der Waals surface area contributed by atoms with Gasteiger partial charge in [0.2, 0.25) is 0 Å². The van der Waals surface area contributed by atoms with E-state index in [-0.39, 0.29) is 0 Å². The third-order valence-electron chi connectivity index (χ3n) is 5.17. The van der Waals surface area contributed by atoms with Crippen molar-refractivity contribution >= 4 is 23.8 Å².